The molecule has 0 aromatic carbocycles. The minimum absolute atomic E-state index is 0.225. The van der Waals surface area contributed by atoms with E-state index >= 15 is 0 Å². The molecule has 0 unspecified atom stereocenters. The summed E-state index contributed by atoms with van der Waals surface area (Å²) in [5.41, 5.74) is -0.460. The molecule has 7 heteroatoms. The lowest BCUT2D eigenvalue weighted by Crippen LogP contribution is -2.43. The zero-order chi connectivity index (χ0) is 13.1. The van der Waals surface area contributed by atoms with Crippen LogP contribution in [0.5, 0.6) is 0 Å². The van der Waals surface area contributed by atoms with Gasteiger partial charge in [-0.05, 0) is 12.8 Å². The van der Waals surface area contributed by atoms with Crippen LogP contribution < -0.4 is 16.6 Å². The first-order valence-electron chi connectivity index (χ1n) is 5.91. The maximum Gasteiger partial charge on any atom is 0.331 e. The van der Waals surface area contributed by atoms with Crippen LogP contribution >= 0.6 is 11.8 Å². The first-order chi connectivity index (χ1) is 8.70. The molecule has 0 fully saturated rings. The van der Waals surface area contributed by atoms with Crippen molar-refractivity contribution in [3.63, 3.8) is 0 Å². The molecule has 1 aromatic rings. The van der Waals surface area contributed by atoms with Crippen molar-refractivity contribution < 1.29 is 4.79 Å². The Morgan fingerprint density at radius 1 is 1.44 bits per heavy atom. The molecule has 98 valence electrons. The SMILES string of the molecule is CCCn1c(=O)c(NC=O)c2n(c1=O)CCCS2. The molecule has 0 saturated heterocycles. The van der Waals surface area contributed by atoms with Crippen molar-refractivity contribution in [2.24, 2.45) is 0 Å². The highest BCUT2D eigenvalue weighted by Gasteiger charge is 2.21. The van der Waals surface area contributed by atoms with Gasteiger partial charge in [-0.15, -0.1) is 11.8 Å². The summed E-state index contributed by atoms with van der Waals surface area (Å²) in [6, 6.07) is 0. The second-order valence-electron chi connectivity index (χ2n) is 4.04. The molecule has 1 aromatic heterocycles. The number of anilines is 1. The van der Waals surface area contributed by atoms with Gasteiger partial charge < -0.3 is 5.32 Å². The fourth-order valence-corrected chi connectivity index (χ4v) is 3.11. The Labute approximate surface area is 108 Å². The zero-order valence-electron chi connectivity index (χ0n) is 10.1. The number of aromatic nitrogens is 2. The van der Waals surface area contributed by atoms with Crippen molar-refractivity contribution in [1.29, 1.82) is 0 Å². The molecule has 0 atom stereocenters. The molecular weight excluding hydrogens is 254 g/mol. The van der Waals surface area contributed by atoms with Crippen molar-refractivity contribution in [1.82, 2.24) is 9.13 Å². The normalized spacial score (nSPS) is 14.1. The highest BCUT2D eigenvalue weighted by Crippen LogP contribution is 2.27. The summed E-state index contributed by atoms with van der Waals surface area (Å²) in [6.07, 6.45) is 2.07. The average molecular weight is 269 g/mol. The number of hydrogen-bond donors (Lipinski definition) is 1. The average Bonchev–Trinajstić information content (AvgIpc) is 2.39. The maximum atomic E-state index is 12.2. The Morgan fingerprint density at radius 3 is 2.89 bits per heavy atom. The van der Waals surface area contributed by atoms with Crippen LogP contribution in [0.2, 0.25) is 0 Å². The fourth-order valence-electron chi connectivity index (χ4n) is 2.02. The van der Waals surface area contributed by atoms with Crippen molar-refractivity contribution in [3.05, 3.63) is 20.8 Å². The zero-order valence-corrected chi connectivity index (χ0v) is 11.0. The second-order valence-corrected chi connectivity index (χ2v) is 5.12. The largest absolute Gasteiger partial charge is 0.331 e. The summed E-state index contributed by atoms with van der Waals surface area (Å²) in [5.74, 6) is 0.851. The number of rotatable bonds is 4. The summed E-state index contributed by atoms with van der Waals surface area (Å²) in [5, 5.41) is 3.01. The van der Waals surface area contributed by atoms with E-state index in [0.29, 0.717) is 30.9 Å². The minimum atomic E-state index is -0.408. The highest BCUT2D eigenvalue weighted by atomic mass is 32.2. The third-order valence-corrected chi connectivity index (χ3v) is 3.99. The van der Waals surface area contributed by atoms with E-state index < -0.39 is 5.56 Å². The lowest BCUT2D eigenvalue weighted by molar-refractivity contribution is -0.105. The third kappa shape index (κ3) is 2.10. The quantitative estimate of drug-likeness (QED) is 0.637. The number of hydrogen-bond acceptors (Lipinski definition) is 4. The van der Waals surface area contributed by atoms with Gasteiger partial charge in [0.1, 0.15) is 10.7 Å². The third-order valence-electron chi connectivity index (χ3n) is 2.80. The summed E-state index contributed by atoms with van der Waals surface area (Å²) < 4.78 is 2.78. The van der Waals surface area contributed by atoms with E-state index in [-0.39, 0.29) is 11.4 Å². The van der Waals surface area contributed by atoms with E-state index in [0.717, 1.165) is 12.2 Å². The molecule has 2 rings (SSSR count). The first-order valence-corrected chi connectivity index (χ1v) is 6.90. The summed E-state index contributed by atoms with van der Waals surface area (Å²) in [7, 11) is 0. The number of nitrogens with one attached hydrogen (secondary N) is 1. The van der Waals surface area contributed by atoms with Gasteiger partial charge in [0.2, 0.25) is 6.41 Å². The highest BCUT2D eigenvalue weighted by molar-refractivity contribution is 7.99. The molecule has 0 bridgehead atoms. The molecule has 0 spiro atoms. The van der Waals surface area contributed by atoms with Crippen LogP contribution in [0.15, 0.2) is 14.6 Å². The molecule has 1 N–H and O–H groups in total. The molecule has 1 amide bonds. The van der Waals surface area contributed by atoms with Gasteiger partial charge in [0.15, 0.2) is 0 Å². The van der Waals surface area contributed by atoms with Crippen LogP contribution in [0, 0.1) is 0 Å². The van der Waals surface area contributed by atoms with E-state index in [9.17, 15) is 14.4 Å². The molecule has 18 heavy (non-hydrogen) atoms. The van der Waals surface area contributed by atoms with E-state index in [1.165, 1.54) is 16.3 Å². The van der Waals surface area contributed by atoms with Gasteiger partial charge in [-0.3, -0.25) is 18.7 Å². The topological polar surface area (TPSA) is 73.1 Å². The Balaban J connectivity index is 2.71. The Morgan fingerprint density at radius 2 is 2.22 bits per heavy atom. The van der Waals surface area contributed by atoms with Crippen molar-refractivity contribution in [2.75, 3.05) is 11.1 Å². The monoisotopic (exact) mass is 269 g/mol. The van der Waals surface area contributed by atoms with E-state index in [1.807, 2.05) is 6.92 Å². The van der Waals surface area contributed by atoms with Gasteiger partial charge in [-0.2, -0.15) is 0 Å². The summed E-state index contributed by atoms with van der Waals surface area (Å²) in [6.45, 7) is 2.87. The molecule has 0 radical (unpaired) electrons. The van der Waals surface area contributed by atoms with E-state index in [1.54, 1.807) is 4.57 Å². The van der Waals surface area contributed by atoms with Crippen LogP contribution in [-0.2, 0) is 17.9 Å². The molecule has 6 nitrogen and oxygen atoms in total. The second kappa shape index (κ2) is 5.43. The van der Waals surface area contributed by atoms with Gasteiger partial charge in [-0.25, -0.2) is 4.79 Å². The molecule has 1 aliphatic rings. The van der Waals surface area contributed by atoms with Crippen molar-refractivity contribution in [3.8, 4) is 0 Å². The van der Waals surface area contributed by atoms with Crippen LogP contribution in [0.3, 0.4) is 0 Å². The van der Waals surface area contributed by atoms with Gasteiger partial charge in [0.25, 0.3) is 5.56 Å². The van der Waals surface area contributed by atoms with Gasteiger partial charge in [0.05, 0.1) is 0 Å². The molecule has 0 saturated carbocycles. The predicted octanol–water partition coefficient (Wildman–Crippen LogP) is 0.484. The van der Waals surface area contributed by atoms with Gasteiger partial charge >= 0.3 is 5.69 Å². The van der Waals surface area contributed by atoms with Crippen molar-refractivity contribution >= 4 is 23.9 Å². The Hall–Kier alpha value is -1.50. The van der Waals surface area contributed by atoms with E-state index in [2.05, 4.69) is 5.32 Å². The Kier molecular flexibility index (Phi) is 3.90. The lowest BCUT2D eigenvalue weighted by atomic mass is 10.4. The van der Waals surface area contributed by atoms with E-state index in [4.69, 9.17) is 0 Å². The molecule has 1 aliphatic heterocycles. The predicted molar refractivity (Wildman–Crippen MR) is 70.3 cm³/mol. The molecule has 0 aliphatic carbocycles. The van der Waals surface area contributed by atoms with Gasteiger partial charge in [0, 0.05) is 18.8 Å². The van der Waals surface area contributed by atoms with Crippen molar-refractivity contribution in [2.45, 2.75) is 37.9 Å². The lowest BCUT2D eigenvalue weighted by Gasteiger charge is -2.21. The van der Waals surface area contributed by atoms with Crippen LogP contribution in [0.4, 0.5) is 5.69 Å². The number of carbonyl (C=O) groups excluding carboxylic acids is 1. The minimum Gasteiger partial charge on any atom is -0.322 e. The standard InChI is InChI=1S/C11H15N3O3S/c1-2-4-13-9(16)8(12-7-15)10-14(11(13)17)5-3-6-18-10/h7H,2-6H2,1H3,(H,12,15). The van der Waals surface area contributed by atoms with Crippen LogP contribution in [-0.4, -0.2) is 21.3 Å². The number of nitrogens with zero attached hydrogens (tertiary/aromatic N) is 2. The molecule has 2 heterocycles. The molecular formula is C11H15N3O3S. The Bertz CT molecular complexity index is 576. The smallest absolute Gasteiger partial charge is 0.322 e. The van der Waals surface area contributed by atoms with Crippen LogP contribution in [0.1, 0.15) is 19.8 Å². The summed E-state index contributed by atoms with van der Waals surface area (Å²) in [4.78, 5) is 34.9. The number of amides is 1. The van der Waals surface area contributed by atoms with Crippen LogP contribution in [0.25, 0.3) is 0 Å². The maximum absolute atomic E-state index is 12.2. The number of thioether (sulfide) groups is 1. The number of fused-ring (bicyclic) bond motifs is 1. The summed E-state index contributed by atoms with van der Waals surface area (Å²) >= 11 is 1.44. The fraction of sp³-hybridized carbons (Fsp3) is 0.545. The first kappa shape index (κ1) is 12.9. The number of carbonyl (C=O) groups is 1. The van der Waals surface area contributed by atoms with Gasteiger partial charge in [-0.1, -0.05) is 6.92 Å².